The van der Waals surface area contributed by atoms with Gasteiger partial charge >= 0.3 is 6.03 Å². The molecule has 0 aliphatic heterocycles. The fraction of sp³-hybridized carbons (Fsp3) is 0.350. The zero-order chi connectivity index (χ0) is 17.6. The third-order valence-corrected chi connectivity index (χ3v) is 4.44. The van der Waals surface area contributed by atoms with Crippen LogP contribution in [0.25, 0.3) is 0 Å². The number of urea groups is 1. The van der Waals surface area contributed by atoms with E-state index in [2.05, 4.69) is 10.6 Å². The second kappa shape index (κ2) is 8.01. The standard InChI is InChI=1S/C20H23FN2O2/c1-14-2-6-16(7-3-14)22-20(24)23-17-8-12-19(13-9-17)25-18-10-4-15(21)5-11-18/h2-7,10-11,17,19H,8-9,12-13H2,1H3,(H2,22,23,24). The monoisotopic (exact) mass is 342 g/mol. The Morgan fingerprint density at radius 3 is 2.28 bits per heavy atom. The number of rotatable bonds is 4. The van der Waals surface area contributed by atoms with E-state index < -0.39 is 0 Å². The van der Waals surface area contributed by atoms with Gasteiger partial charge in [-0.2, -0.15) is 0 Å². The van der Waals surface area contributed by atoms with Crippen LogP contribution in [-0.2, 0) is 0 Å². The minimum atomic E-state index is -0.264. The van der Waals surface area contributed by atoms with E-state index in [-0.39, 0.29) is 24.0 Å². The average Bonchev–Trinajstić information content (AvgIpc) is 2.61. The van der Waals surface area contributed by atoms with E-state index in [9.17, 15) is 9.18 Å². The number of benzene rings is 2. The lowest BCUT2D eigenvalue weighted by Crippen LogP contribution is -2.41. The van der Waals surface area contributed by atoms with Gasteiger partial charge in [-0.3, -0.25) is 0 Å². The minimum absolute atomic E-state index is 0.115. The summed E-state index contributed by atoms with van der Waals surface area (Å²) in [5.74, 6) is 0.426. The van der Waals surface area contributed by atoms with Crippen LogP contribution in [0.1, 0.15) is 31.2 Å². The summed E-state index contributed by atoms with van der Waals surface area (Å²) >= 11 is 0. The van der Waals surface area contributed by atoms with E-state index in [1.54, 1.807) is 12.1 Å². The van der Waals surface area contributed by atoms with Gasteiger partial charge in [-0.1, -0.05) is 17.7 Å². The molecule has 1 saturated carbocycles. The first-order chi connectivity index (χ1) is 12.1. The second-order valence-electron chi connectivity index (χ2n) is 6.51. The van der Waals surface area contributed by atoms with Crippen LogP contribution in [0.2, 0.25) is 0 Å². The summed E-state index contributed by atoms with van der Waals surface area (Å²) in [6.45, 7) is 2.01. The predicted molar refractivity (Wildman–Crippen MR) is 96.4 cm³/mol. The molecule has 0 unspecified atom stereocenters. The zero-order valence-corrected chi connectivity index (χ0v) is 14.3. The van der Waals surface area contributed by atoms with Crippen LogP contribution in [0.15, 0.2) is 48.5 Å². The van der Waals surface area contributed by atoms with Gasteiger partial charge in [0.25, 0.3) is 0 Å². The highest BCUT2D eigenvalue weighted by atomic mass is 19.1. The van der Waals surface area contributed by atoms with Crippen LogP contribution in [-0.4, -0.2) is 18.2 Å². The van der Waals surface area contributed by atoms with Crippen molar-refractivity contribution in [2.45, 2.75) is 44.8 Å². The number of carbonyl (C=O) groups excluding carboxylic acids is 1. The predicted octanol–water partition coefficient (Wildman–Crippen LogP) is 4.65. The van der Waals surface area contributed by atoms with Crippen molar-refractivity contribution in [1.82, 2.24) is 5.32 Å². The van der Waals surface area contributed by atoms with Crippen LogP contribution in [0.4, 0.5) is 14.9 Å². The summed E-state index contributed by atoms with van der Waals surface area (Å²) in [6, 6.07) is 13.8. The highest BCUT2D eigenvalue weighted by molar-refractivity contribution is 5.89. The molecule has 0 heterocycles. The van der Waals surface area contributed by atoms with Crippen molar-refractivity contribution in [2.75, 3.05) is 5.32 Å². The maximum Gasteiger partial charge on any atom is 0.319 e. The SMILES string of the molecule is Cc1ccc(NC(=O)NC2CCC(Oc3ccc(F)cc3)CC2)cc1. The lowest BCUT2D eigenvalue weighted by atomic mass is 9.93. The van der Waals surface area contributed by atoms with Crippen LogP contribution < -0.4 is 15.4 Å². The number of aryl methyl sites for hydroxylation is 1. The third kappa shape index (κ3) is 5.21. The Balaban J connectivity index is 1.42. The molecule has 0 aromatic heterocycles. The summed E-state index contributed by atoms with van der Waals surface area (Å²) in [6.07, 6.45) is 3.59. The molecule has 2 N–H and O–H groups in total. The van der Waals surface area contributed by atoms with Gasteiger partial charge < -0.3 is 15.4 Å². The van der Waals surface area contributed by atoms with Crippen LogP contribution in [0, 0.1) is 12.7 Å². The van der Waals surface area contributed by atoms with E-state index in [4.69, 9.17) is 4.74 Å². The van der Waals surface area contributed by atoms with Gasteiger partial charge in [-0.25, -0.2) is 9.18 Å². The first-order valence-corrected chi connectivity index (χ1v) is 8.65. The quantitative estimate of drug-likeness (QED) is 0.850. The number of ether oxygens (including phenoxy) is 1. The maximum absolute atomic E-state index is 12.9. The number of anilines is 1. The van der Waals surface area contributed by atoms with Crippen molar-refractivity contribution >= 4 is 11.7 Å². The molecule has 0 spiro atoms. The lowest BCUT2D eigenvalue weighted by molar-refractivity contribution is 0.141. The van der Waals surface area contributed by atoms with Gasteiger partial charge in [0, 0.05) is 11.7 Å². The molecule has 1 fully saturated rings. The molecule has 0 atom stereocenters. The Hall–Kier alpha value is -2.56. The largest absolute Gasteiger partial charge is 0.490 e. The van der Waals surface area contributed by atoms with Gasteiger partial charge in [-0.05, 0) is 69.0 Å². The molecular weight excluding hydrogens is 319 g/mol. The minimum Gasteiger partial charge on any atom is -0.490 e. The van der Waals surface area contributed by atoms with Crippen LogP contribution in [0.3, 0.4) is 0 Å². The smallest absolute Gasteiger partial charge is 0.319 e. The molecule has 2 amide bonds. The highest BCUT2D eigenvalue weighted by Gasteiger charge is 2.23. The highest BCUT2D eigenvalue weighted by Crippen LogP contribution is 2.24. The summed E-state index contributed by atoms with van der Waals surface area (Å²) < 4.78 is 18.8. The van der Waals surface area contributed by atoms with Gasteiger partial charge in [0.2, 0.25) is 0 Å². The van der Waals surface area contributed by atoms with Crippen molar-refractivity contribution in [2.24, 2.45) is 0 Å². The summed E-state index contributed by atoms with van der Waals surface area (Å²) in [5, 5.41) is 5.87. The molecule has 3 rings (SSSR count). The first kappa shape index (κ1) is 17.3. The van der Waals surface area contributed by atoms with Crippen molar-refractivity contribution in [1.29, 1.82) is 0 Å². The molecular formula is C20H23FN2O2. The Labute approximate surface area is 147 Å². The van der Waals surface area contributed by atoms with E-state index >= 15 is 0 Å². The van der Waals surface area contributed by atoms with Crippen molar-refractivity contribution in [3.63, 3.8) is 0 Å². The Morgan fingerprint density at radius 2 is 1.64 bits per heavy atom. The fourth-order valence-corrected chi connectivity index (χ4v) is 3.02. The Kier molecular flexibility index (Phi) is 5.53. The lowest BCUT2D eigenvalue weighted by Gasteiger charge is -2.29. The maximum atomic E-state index is 12.9. The molecule has 1 aliphatic rings. The zero-order valence-electron chi connectivity index (χ0n) is 14.3. The number of carbonyl (C=O) groups is 1. The van der Waals surface area contributed by atoms with Crippen molar-refractivity contribution in [3.8, 4) is 5.75 Å². The summed E-state index contributed by atoms with van der Waals surface area (Å²) in [7, 11) is 0. The van der Waals surface area contributed by atoms with Crippen molar-refractivity contribution in [3.05, 3.63) is 59.9 Å². The number of hydrogen-bond acceptors (Lipinski definition) is 2. The van der Waals surface area contributed by atoms with Gasteiger partial charge in [0.15, 0.2) is 0 Å². The number of nitrogens with one attached hydrogen (secondary N) is 2. The fourth-order valence-electron chi connectivity index (χ4n) is 3.02. The molecule has 5 heteroatoms. The number of halogens is 1. The van der Waals surface area contributed by atoms with E-state index in [1.165, 1.54) is 12.1 Å². The van der Waals surface area contributed by atoms with E-state index in [0.29, 0.717) is 5.75 Å². The van der Waals surface area contributed by atoms with Crippen LogP contribution in [0.5, 0.6) is 5.75 Å². The van der Waals surface area contributed by atoms with Gasteiger partial charge in [0.05, 0.1) is 6.10 Å². The summed E-state index contributed by atoms with van der Waals surface area (Å²) in [4.78, 5) is 12.1. The number of hydrogen-bond donors (Lipinski definition) is 2. The third-order valence-electron chi connectivity index (χ3n) is 4.44. The second-order valence-corrected chi connectivity index (χ2v) is 6.51. The molecule has 0 bridgehead atoms. The molecule has 25 heavy (non-hydrogen) atoms. The molecule has 2 aromatic carbocycles. The topological polar surface area (TPSA) is 50.4 Å². The molecule has 4 nitrogen and oxygen atoms in total. The van der Waals surface area contributed by atoms with Gasteiger partial charge in [0.1, 0.15) is 11.6 Å². The van der Waals surface area contributed by atoms with E-state index in [0.717, 1.165) is 36.9 Å². The molecule has 0 saturated heterocycles. The Bertz CT molecular complexity index is 693. The molecule has 1 aliphatic carbocycles. The molecule has 0 radical (unpaired) electrons. The van der Waals surface area contributed by atoms with E-state index in [1.807, 2.05) is 31.2 Å². The number of amides is 2. The van der Waals surface area contributed by atoms with Crippen LogP contribution >= 0.6 is 0 Å². The first-order valence-electron chi connectivity index (χ1n) is 8.65. The Morgan fingerprint density at radius 1 is 1.00 bits per heavy atom. The molecule has 132 valence electrons. The van der Waals surface area contributed by atoms with Crippen molar-refractivity contribution < 1.29 is 13.9 Å². The normalized spacial score (nSPS) is 19.9. The molecule has 2 aromatic rings. The summed E-state index contributed by atoms with van der Waals surface area (Å²) in [5.41, 5.74) is 1.95. The average molecular weight is 342 g/mol. The van der Waals surface area contributed by atoms with Gasteiger partial charge in [-0.15, -0.1) is 0 Å².